The minimum Gasteiger partial charge on any atom is -0.483 e. The number of hydrogen-bond acceptors (Lipinski definition) is 3. The number of benzene rings is 1. The van der Waals surface area contributed by atoms with Crippen LogP contribution in [0, 0.1) is 5.41 Å². The van der Waals surface area contributed by atoms with Gasteiger partial charge in [-0.15, -0.1) is 0 Å². The number of rotatable bonds is 1. The third-order valence-corrected chi connectivity index (χ3v) is 4.33. The molecule has 3 heteroatoms. The van der Waals surface area contributed by atoms with E-state index in [0.717, 1.165) is 30.6 Å². The van der Waals surface area contributed by atoms with Gasteiger partial charge in [0.1, 0.15) is 11.4 Å². The van der Waals surface area contributed by atoms with Crippen LogP contribution in [0.5, 0.6) is 5.75 Å². The van der Waals surface area contributed by atoms with Gasteiger partial charge in [-0.3, -0.25) is 0 Å². The lowest BCUT2D eigenvalue weighted by molar-refractivity contribution is 0.0600. The number of hydrogen-bond donors (Lipinski definition) is 0. The molecular weight excluding hydrogens is 264 g/mol. The van der Waals surface area contributed by atoms with Crippen LogP contribution in [0.2, 0.25) is 0 Å². The van der Waals surface area contributed by atoms with Gasteiger partial charge in [-0.25, -0.2) is 4.79 Å². The first kappa shape index (κ1) is 14.2. The zero-order chi connectivity index (χ0) is 15.3. The van der Waals surface area contributed by atoms with Crippen molar-refractivity contribution in [2.75, 3.05) is 7.11 Å². The van der Waals surface area contributed by atoms with Crippen molar-refractivity contribution in [2.24, 2.45) is 5.41 Å². The molecule has 21 heavy (non-hydrogen) atoms. The van der Waals surface area contributed by atoms with Crippen molar-refractivity contribution < 1.29 is 14.3 Å². The van der Waals surface area contributed by atoms with Crippen LogP contribution in [0.1, 0.15) is 49.5 Å². The second-order valence-electron chi connectivity index (χ2n) is 7.17. The summed E-state index contributed by atoms with van der Waals surface area (Å²) in [5.41, 5.74) is 3.06. The number of ether oxygens (including phenoxy) is 2. The highest BCUT2D eigenvalue weighted by atomic mass is 16.5. The predicted molar refractivity (Wildman–Crippen MR) is 81.6 cm³/mol. The standard InChI is InChI=1S/C18H22O3/c1-12-8-17(2,3)11-18(9-12)10-14-7-13(16(19)20-4)5-6-15(14)21-18/h5-7,9H,8,10-11H2,1-4H3. The highest BCUT2D eigenvalue weighted by Crippen LogP contribution is 2.48. The normalized spacial score (nSPS) is 26.0. The minimum atomic E-state index is -0.297. The van der Waals surface area contributed by atoms with Crippen molar-refractivity contribution in [1.29, 1.82) is 0 Å². The Labute approximate surface area is 125 Å². The molecule has 3 nitrogen and oxygen atoms in total. The Balaban J connectivity index is 1.94. The van der Waals surface area contributed by atoms with E-state index in [4.69, 9.17) is 9.47 Å². The SMILES string of the molecule is COC(=O)c1ccc2c(c1)CC1(C=C(C)CC(C)(C)C1)O2. The smallest absolute Gasteiger partial charge is 0.337 e. The average molecular weight is 286 g/mol. The molecule has 1 atom stereocenters. The lowest BCUT2D eigenvalue weighted by Gasteiger charge is -2.40. The second-order valence-corrected chi connectivity index (χ2v) is 7.17. The number of fused-ring (bicyclic) bond motifs is 1. The molecule has 0 saturated carbocycles. The molecule has 1 aliphatic carbocycles. The van der Waals surface area contributed by atoms with Crippen molar-refractivity contribution in [3.05, 3.63) is 41.0 Å². The summed E-state index contributed by atoms with van der Waals surface area (Å²) in [5, 5.41) is 0. The van der Waals surface area contributed by atoms with Gasteiger partial charge in [-0.1, -0.05) is 19.4 Å². The fraction of sp³-hybridized carbons (Fsp3) is 0.500. The maximum atomic E-state index is 11.7. The molecule has 0 aromatic heterocycles. The third-order valence-electron chi connectivity index (χ3n) is 4.33. The zero-order valence-corrected chi connectivity index (χ0v) is 13.2. The molecule has 1 spiro atoms. The van der Waals surface area contributed by atoms with Gasteiger partial charge in [0.25, 0.3) is 0 Å². The quantitative estimate of drug-likeness (QED) is 0.580. The highest BCUT2D eigenvalue weighted by Gasteiger charge is 2.44. The van der Waals surface area contributed by atoms with E-state index in [0.29, 0.717) is 5.56 Å². The van der Waals surface area contributed by atoms with E-state index in [1.54, 1.807) is 6.07 Å². The first-order valence-electron chi connectivity index (χ1n) is 7.41. The van der Waals surface area contributed by atoms with Crippen molar-refractivity contribution in [1.82, 2.24) is 0 Å². The first-order chi connectivity index (χ1) is 9.82. The maximum absolute atomic E-state index is 11.7. The Morgan fingerprint density at radius 2 is 2.05 bits per heavy atom. The van der Waals surface area contributed by atoms with E-state index in [2.05, 4.69) is 26.8 Å². The van der Waals surface area contributed by atoms with Crippen molar-refractivity contribution >= 4 is 5.97 Å². The minimum absolute atomic E-state index is 0.242. The highest BCUT2D eigenvalue weighted by molar-refractivity contribution is 5.89. The van der Waals surface area contributed by atoms with Crippen LogP contribution < -0.4 is 4.74 Å². The summed E-state index contributed by atoms with van der Waals surface area (Å²) in [6.45, 7) is 6.75. The van der Waals surface area contributed by atoms with Gasteiger partial charge >= 0.3 is 5.97 Å². The summed E-state index contributed by atoms with van der Waals surface area (Å²) in [6.07, 6.45) is 5.21. The Bertz CT molecular complexity index is 627. The lowest BCUT2D eigenvalue weighted by atomic mass is 9.70. The zero-order valence-electron chi connectivity index (χ0n) is 13.2. The maximum Gasteiger partial charge on any atom is 0.337 e. The van der Waals surface area contributed by atoms with Crippen LogP contribution >= 0.6 is 0 Å². The molecule has 0 amide bonds. The van der Waals surface area contributed by atoms with Crippen LogP contribution in [0.4, 0.5) is 0 Å². The molecule has 1 aromatic carbocycles. The number of carbonyl (C=O) groups excluding carboxylic acids is 1. The monoisotopic (exact) mass is 286 g/mol. The Morgan fingerprint density at radius 1 is 1.29 bits per heavy atom. The molecule has 0 bridgehead atoms. The first-order valence-corrected chi connectivity index (χ1v) is 7.41. The summed E-state index contributed by atoms with van der Waals surface area (Å²) < 4.78 is 11.1. The van der Waals surface area contributed by atoms with Crippen molar-refractivity contribution in [3.8, 4) is 5.75 Å². The van der Waals surface area contributed by atoms with E-state index in [1.807, 2.05) is 12.1 Å². The molecule has 1 aliphatic heterocycles. The fourth-order valence-electron chi connectivity index (χ4n) is 4.00. The molecule has 1 heterocycles. The van der Waals surface area contributed by atoms with Gasteiger partial charge in [-0.2, -0.15) is 0 Å². The predicted octanol–water partition coefficient (Wildman–Crippen LogP) is 3.91. The van der Waals surface area contributed by atoms with Crippen LogP contribution in [-0.2, 0) is 11.2 Å². The summed E-state index contributed by atoms with van der Waals surface area (Å²) in [4.78, 5) is 11.7. The fourth-order valence-corrected chi connectivity index (χ4v) is 4.00. The molecule has 0 fully saturated rings. The Morgan fingerprint density at radius 3 is 2.71 bits per heavy atom. The van der Waals surface area contributed by atoms with Gasteiger partial charge in [0.15, 0.2) is 0 Å². The third kappa shape index (κ3) is 2.57. The van der Waals surface area contributed by atoms with E-state index in [-0.39, 0.29) is 17.0 Å². The van der Waals surface area contributed by atoms with Crippen molar-refractivity contribution in [2.45, 2.75) is 45.6 Å². The van der Waals surface area contributed by atoms with E-state index in [9.17, 15) is 4.79 Å². The van der Waals surface area contributed by atoms with Gasteiger partial charge in [0, 0.05) is 6.42 Å². The number of allylic oxidation sites excluding steroid dienone is 1. The number of carbonyl (C=O) groups is 1. The summed E-state index contributed by atoms with van der Waals surface area (Å²) >= 11 is 0. The van der Waals surface area contributed by atoms with Crippen molar-refractivity contribution in [3.63, 3.8) is 0 Å². The van der Waals surface area contributed by atoms with Gasteiger partial charge < -0.3 is 9.47 Å². The molecule has 0 saturated heterocycles. The molecule has 1 aromatic rings. The summed E-state index contributed by atoms with van der Waals surface area (Å²) in [7, 11) is 1.41. The van der Waals surface area contributed by atoms with E-state index >= 15 is 0 Å². The Kier molecular flexibility index (Phi) is 3.12. The molecule has 112 valence electrons. The van der Waals surface area contributed by atoms with Crippen LogP contribution in [-0.4, -0.2) is 18.7 Å². The second kappa shape index (κ2) is 4.62. The number of methoxy groups -OCH3 is 1. The van der Waals surface area contributed by atoms with E-state index < -0.39 is 0 Å². The average Bonchev–Trinajstić information content (AvgIpc) is 2.70. The van der Waals surface area contributed by atoms with E-state index in [1.165, 1.54) is 12.7 Å². The van der Waals surface area contributed by atoms with Crippen LogP contribution in [0.15, 0.2) is 29.8 Å². The van der Waals surface area contributed by atoms with Gasteiger partial charge in [0.05, 0.1) is 12.7 Å². The van der Waals surface area contributed by atoms with Gasteiger partial charge in [-0.05, 0) is 55.0 Å². The topological polar surface area (TPSA) is 35.5 Å². The van der Waals surface area contributed by atoms with Crippen LogP contribution in [0.25, 0.3) is 0 Å². The molecule has 1 unspecified atom stereocenters. The Hall–Kier alpha value is -1.77. The molecule has 3 rings (SSSR count). The largest absolute Gasteiger partial charge is 0.483 e. The molecule has 0 N–H and O–H groups in total. The van der Waals surface area contributed by atoms with Gasteiger partial charge in [0.2, 0.25) is 0 Å². The summed E-state index contributed by atoms with van der Waals surface area (Å²) in [5.74, 6) is 0.596. The summed E-state index contributed by atoms with van der Waals surface area (Å²) in [6, 6.07) is 5.57. The van der Waals surface area contributed by atoms with Crippen LogP contribution in [0.3, 0.4) is 0 Å². The molecule has 0 radical (unpaired) electrons. The lowest BCUT2D eigenvalue weighted by Crippen LogP contribution is -2.40. The number of esters is 1. The molecular formula is C18H22O3. The molecule has 2 aliphatic rings.